The van der Waals surface area contributed by atoms with Gasteiger partial charge < -0.3 is 0 Å². The van der Waals surface area contributed by atoms with Crippen molar-refractivity contribution in [1.82, 2.24) is 0 Å². The third-order valence-electron chi connectivity index (χ3n) is 5.93. The van der Waals surface area contributed by atoms with Crippen molar-refractivity contribution in [1.29, 1.82) is 0 Å². The molecule has 0 heterocycles. The van der Waals surface area contributed by atoms with Crippen LogP contribution in [0.15, 0.2) is 0 Å². The zero-order valence-corrected chi connectivity index (χ0v) is 18.2. The minimum atomic E-state index is -0.938. The van der Waals surface area contributed by atoms with Gasteiger partial charge in [-0.25, -0.2) is 0 Å². The van der Waals surface area contributed by atoms with E-state index < -0.39 is 7.26 Å². The molecule has 0 saturated heterocycles. The zero-order chi connectivity index (χ0) is 17.2. The second-order valence-corrected chi connectivity index (χ2v) is 13.2. The van der Waals surface area contributed by atoms with Crippen LogP contribution in [0.5, 0.6) is 0 Å². The molecule has 0 N–H and O–H groups in total. The Morgan fingerprint density at radius 1 is 0.391 bits per heavy atom. The molecule has 23 heavy (non-hydrogen) atoms. The summed E-state index contributed by atoms with van der Waals surface area (Å²) < 4.78 is 0. The second kappa shape index (κ2) is 17.3. The Hall–Kier alpha value is 0.430. The van der Waals surface area contributed by atoms with Gasteiger partial charge in [0.25, 0.3) is 0 Å². The Morgan fingerprint density at radius 2 is 0.696 bits per heavy atom. The van der Waals surface area contributed by atoms with Gasteiger partial charge in [0, 0.05) is 0 Å². The molecule has 0 aromatic carbocycles. The molecule has 0 unspecified atom stereocenters. The molecule has 0 rings (SSSR count). The van der Waals surface area contributed by atoms with E-state index in [0.29, 0.717) is 0 Å². The molecule has 0 aliphatic carbocycles. The van der Waals surface area contributed by atoms with Crippen molar-refractivity contribution in [3.8, 4) is 0 Å². The van der Waals surface area contributed by atoms with Crippen LogP contribution >= 0.6 is 7.26 Å². The number of unbranched alkanes of at least 4 members (excludes halogenated alkanes) is 11. The first kappa shape index (κ1) is 23.4. The summed E-state index contributed by atoms with van der Waals surface area (Å²) in [6, 6.07) is 0. The maximum absolute atomic E-state index is 2.53. The Kier molecular flexibility index (Phi) is 17.6. The number of hydrogen-bond donors (Lipinski definition) is 0. The van der Waals surface area contributed by atoms with Gasteiger partial charge in [0.05, 0.1) is 0 Å². The van der Waals surface area contributed by atoms with Gasteiger partial charge in [0.2, 0.25) is 0 Å². The van der Waals surface area contributed by atoms with Crippen molar-refractivity contribution in [3.05, 3.63) is 0 Å². The van der Waals surface area contributed by atoms with Gasteiger partial charge in [0.15, 0.2) is 0 Å². The van der Waals surface area contributed by atoms with Crippen molar-refractivity contribution in [2.24, 2.45) is 0 Å². The van der Waals surface area contributed by atoms with Crippen LogP contribution in [0.1, 0.15) is 118 Å². The van der Waals surface area contributed by atoms with E-state index >= 15 is 0 Å². The van der Waals surface area contributed by atoms with Crippen LogP contribution < -0.4 is 0 Å². The van der Waals surface area contributed by atoms with E-state index in [0.717, 1.165) is 0 Å². The molecular weight excluding hydrogens is 295 g/mol. The molecule has 142 valence electrons. The molecule has 0 bridgehead atoms. The van der Waals surface area contributed by atoms with Crippen LogP contribution in [0.3, 0.4) is 0 Å². The molecule has 1 heteroatoms. The van der Waals surface area contributed by atoms with Gasteiger partial charge in [-0.2, -0.15) is 0 Å². The van der Waals surface area contributed by atoms with E-state index in [2.05, 4.69) is 27.7 Å². The van der Waals surface area contributed by atoms with Gasteiger partial charge in [-0.3, -0.25) is 0 Å². The molecule has 0 aromatic heterocycles. The summed E-state index contributed by atoms with van der Waals surface area (Å²) in [4.78, 5) is 0. The molecule has 0 aromatic rings. The summed E-state index contributed by atoms with van der Waals surface area (Å²) in [6.45, 7) is 9.53. The topological polar surface area (TPSA) is 0 Å². The summed E-state index contributed by atoms with van der Waals surface area (Å²) in [7, 11) is -0.938. The Morgan fingerprint density at radius 3 is 1.04 bits per heavy atom. The summed E-state index contributed by atoms with van der Waals surface area (Å²) in [5.41, 5.74) is 0. The first-order valence-electron chi connectivity index (χ1n) is 11.2. The number of rotatable bonds is 18. The van der Waals surface area contributed by atoms with Crippen molar-refractivity contribution in [2.75, 3.05) is 24.6 Å². The maximum atomic E-state index is 2.53. The van der Waals surface area contributed by atoms with Crippen LogP contribution in [-0.4, -0.2) is 24.6 Å². The van der Waals surface area contributed by atoms with E-state index in [4.69, 9.17) is 0 Å². The summed E-state index contributed by atoms with van der Waals surface area (Å²) in [6.07, 6.45) is 27.1. The van der Waals surface area contributed by atoms with E-state index in [9.17, 15) is 0 Å². The summed E-state index contributed by atoms with van der Waals surface area (Å²) in [5, 5.41) is 0. The molecule has 0 aliphatic heterocycles. The average molecular weight is 345 g/mol. The first-order chi connectivity index (χ1) is 11.2. The van der Waals surface area contributed by atoms with E-state index in [1.165, 1.54) is 83.5 Å². The normalized spacial score (nSPS) is 12.7. The van der Waals surface area contributed by atoms with E-state index in [1.807, 2.05) is 0 Å². The van der Waals surface area contributed by atoms with Crippen molar-refractivity contribution < 1.29 is 0 Å². The predicted octanol–water partition coefficient (Wildman–Crippen LogP) is 8.28. The zero-order valence-electron chi connectivity index (χ0n) is 17.2. The quantitative estimate of drug-likeness (QED) is 0.173. The summed E-state index contributed by atoms with van der Waals surface area (Å²) in [5.74, 6) is 0. The Balaban J connectivity index is 4.19. The van der Waals surface area contributed by atoms with Crippen molar-refractivity contribution >= 4 is 7.26 Å². The third kappa shape index (κ3) is 13.4. The monoisotopic (exact) mass is 344 g/mol. The van der Waals surface area contributed by atoms with Gasteiger partial charge in [-0.1, -0.05) is 0 Å². The van der Waals surface area contributed by atoms with Crippen LogP contribution in [0.4, 0.5) is 0 Å². The third-order valence-corrected chi connectivity index (χ3v) is 11.7. The van der Waals surface area contributed by atoms with Crippen LogP contribution in [-0.2, 0) is 0 Å². The SMILES string of the molecule is CCCCCCCC[PH](CC)(CCCCCC)CCCCCC. The molecule has 0 atom stereocenters. The van der Waals surface area contributed by atoms with Gasteiger partial charge >= 0.3 is 149 Å². The average Bonchev–Trinajstić information content (AvgIpc) is 2.58. The predicted molar refractivity (Wildman–Crippen MR) is 115 cm³/mol. The van der Waals surface area contributed by atoms with Crippen LogP contribution in [0.2, 0.25) is 0 Å². The fraction of sp³-hybridized carbons (Fsp3) is 1.00. The van der Waals surface area contributed by atoms with E-state index in [1.54, 1.807) is 31.1 Å². The summed E-state index contributed by atoms with van der Waals surface area (Å²) >= 11 is 0. The van der Waals surface area contributed by atoms with E-state index in [-0.39, 0.29) is 0 Å². The minimum absolute atomic E-state index is 0.938. The van der Waals surface area contributed by atoms with Gasteiger partial charge in [-0.15, -0.1) is 0 Å². The molecule has 0 nitrogen and oxygen atoms in total. The molecule has 0 fully saturated rings. The standard InChI is InChI=1S/C22H49P/c1-5-9-12-15-16-19-22-23(8-4,20-17-13-10-6-2)21-18-14-11-7-3/h23H,5-22H2,1-4H3. The van der Waals surface area contributed by atoms with Crippen LogP contribution in [0, 0.1) is 0 Å². The molecule has 0 amide bonds. The fourth-order valence-corrected chi connectivity index (χ4v) is 8.85. The Bertz CT molecular complexity index is 212. The van der Waals surface area contributed by atoms with Gasteiger partial charge in [-0.05, 0) is 0 Å². The van der Waals surface area contributed by atoms with Crippen LogP contribution in [0.25, 0.3) is 0 Å². The first-order valence-corrected chi connectivity index (χ1v) is 14.1. The van der Waals surface area contributed by atoms with Crippen molar-refractivity contribution in [2.45, 2.75) is 118 Å². The number of hydrogen-bond acceptors (Lipinski definition) is 0. The Labute approximate surface area is 149 Å². The molecule has 0 saturated carbocycles. The van der Waals surface area contributed by atoms with Crippen molar-refractivity contribution in [3.63, 3.8) is 0 Å². The molecule has 0 radical (unpaired) electrons. The fourth-order valence-electron chi connectivity index (χ4n) is 4.04. The van der Waals surface area contributed by atoms with Gasteiger partial charge in [0.1, 0.15) is 0 Å². The molecule has 0 spiro atoms. The second-order valence-electron chi connectivity index (χ2n) is 7.99. The molecular formula is C22H49P. The molecule has 0 aliphatic rings.